The number of nitrogens with one attached hydrogen (secondary N) is 1. The van der Waals surface area contributed by atoms with Crippen LogP contribution < -0.4 is 10.1 Å². The van der Waals surface area contributed by atoms with Crippen molar-refractivity contribution in [2.75, 3.05) is 24.3 Å². The van der Waals surface area contributed by atoms with Gasteiger partial charge in [0.15, 0.2) is 5.13 Å². The molecule has 1 amide bonds. The molecule has 1 N–H and O–H groups in total. The molecule has 11 heteroatoms. The highest BCUT2D eigenvalue weighted by atomic mass is 32.2. The number of ether oxygens (including phenoxy) is 2. The number of amides is 1. The molecule has 0 radical (unpaired) electrons. The maximum Gasteiger partial charge on any atom is 0.236 e. The lowest BCUT2D eigenvalue weighted by Crippen LogP contribution is -2.18. The van der Waals surface area contributed by atoms with Crippen molar-refractivity contribution in [3.63, 3.8) is 0 Å². The van der Waals surface area contributed by atoms with Gasteiger partial charge >= 0.3 is 0 Å². The van der Waals surface area contributed by atoms with Crippen LogP contribution in [0.2, 0.25) is 0 Å². The normalized spacial score (nSPS) is 16.5. The van der Waals surface area contributed by atoms with E-state index in [4.69, 9.17) is 9.47 Å². The van der Waals surface area contributed by atoms with Crippen molar-refractivity contribution in [3.8, 4) is 5.75 Å². The van der Waals surface area contributed by atoms with E-state index in [9.17, 15) is 4.79 Å². The van der Waals surface area contributed by atoms with Crippen molar-refractivity contribution in [3.05, 3.63) is 18.2 Å². The molecule has 1 aliphatic rings. The first kappa shape index (κ1) is 19.1. The van der Waals surface area contributed by atoms with Gasteiger partial charge in [0.25, 0.3) is 0 Å². The Balaban J connectivity index is 1.33. The van der Waals surface area contributed by atoms with E-state index in [1.807, 2.05) is 25.1 Å². The second kappa shape index (κ2) is 8.84. The van der Waals surface area contributed by atoms with E-state index in [2.05, 4.69) is 25.8 Å². The van der Waals surface area contributed by atoms with Crippen molar-refractivity contribution >= 4 is 44.4 Å². The van der Waals surface area contributed by atoms with Gasteiger partial charge in [-0.2, -0.15) is 0 Å². The van der Waals surface area contributed by atoms with E-state index in [0.29, 0.717) is 23.4 Å². The van der Waals surface area contributed by atoms with Crippen LogP contribution in [0.25, 0.3) is 10.2 Å². The molecule has 1 saturated heterocycles. The van der Waals surface area contributed by atoms with Crippen LogP contribution in [0.4, 0.5) is 5.13 Å². The Labute approximate surface area is 169 Å². The number of hydrogen-bond donors (Lipinski definition) is 1. The molecule has 0 saturated carbocycles. The molecular formula is C17H20N6O3S2. The summed E-state index contributed by atoms with van der Waals surface area (Å²) in [5, 5.41) is 15.7. The highest BCUT2D eigenvalue weighted by molar-refractivity contribution is 7.99. The standard InChI is InChI=1S/C17H20N6O3S2/c1-2-25-11-5-6-13-14(8-11)28-16(18-13)19-15(24)10-27-17-20-21-22-23(17)9-12-4-3-7-26-12/h5-6,8,12H,2-4,7,9-10H2,1H3,(H,18,19,24)/t12-/m1/s1. The number of benzene rings is 1. The Morgan fingerprint density at radius 1 is 1.50 bits per heavy atom. The number of thiazole rings is 1. The molecule has 0 aliphatic carbocycles. The van der Waals surface area contributed by atoms with E-state index >= 15 is 0 Å². The topological polar surface area (TPSA) is 104 Å². The molecule has 1 atom stereocenters. The van der Waals surface area contributed by atoms with E-state index in [1.54, 1.807) is 4.68 Å². The number of anilines is 1. The third-order valence-electron chi connectivity index (χ3n) is 4.15. The van der Waals surface area contributed by atoms with Crippen molar-refractivity contribution in [2.45, 2.75) is 37.6 Å². The summed E-state index contributed by atoms with van der Waals surface area (Å²) in [5.41, 5.74) is 0.830. The van der Waals surface area contributed by atoms with Gasteiger partial charge in [-0.15, -0.1) is 5.10 Å². The number of tetrazole rings is 1. The minimum absolute atomic E-state index is 0.140. The van der Waals surface area contributed by atoms with Crippen LogP contribution in [-0.4, -0.2) is 56.2 Å². The van der Waals surface area contributed by atoms with E-state index < -0.39 is 0 Å². The number of fused-ring (bicyclic) bond motifs is 1. The van der Waals surface area contributed by atoms with Gasteiger partial charge in [0.2, 0.25) is 11.1 Å². The van der Waals surface area contributed by atoms with Gasteiger partial charge in [0, 0.05) is 6.61 Å². The molecule has 0 spiro atoms. The Hall–Kier alpha value is -2.24. The summed E-state index contributed by atoms with van der Waals surface area (Å²) in [6.07, 6.45) is 2.21. The van der Waals surface area contributed by atoms with E-state index in [0.717, 1.165) is 35.4 Å². The molecule has 2 aromatic heterocycles. The maximum absolute atomic E-state index is 12.3. The zero-order chi connectivity index (χ0) is 19.3. The molecule has 9 nitrogen and oxygen atoms in total. The molecule has 3 heterocycles. The molecule has 0 bridgehead atoms. The van der Waals surface area contributed by atoms with Crippen LogP contribution in [0, 0.1) is 0 Å². The van der Waals surface area contributed by atoms with Crippen molar-refractivity contribution in [1.82, 2.24) is 25.2 Å². The SMILES string of the molecule is CCOc1ccc2nc(NC(=O)CSc3nnnn3C[C@H]3CCCO3)sc2c1. The molecule has 1 aliphatic heterocycles. The summed E-state index contributed by atoms with van der Waals surface area (Å²) in [4.78, 5) is 16.8. The summed E-state index contributed by atoms with van der Waals surface area (Å²) in [6.45, 7) is 3.94. The highest BCUT2D eigenvalue weighted by Crippen LogP contribution is 2.29. The molecule has 1 aromatic carbocycles. The summed E-state index contributed by atoms with van der Waals surface area (Å²) in [7, 11) is 0. The van der Waals surface area contributed by atoms with E-state index in [1.165, 1.54) is 23.1 Å². The fourth-order valence-electron chi connectivity index (χ4n) is 2.90. The number of rotatable bonds is 8. The Morgan fingerprint density at radius 3 is 3.25 bits per heavy atom. The predicted molar refractivity (Wildman–Crippen MR) is 107 cm³/mol. The van der Waals surface area contributed by atoms with Gasteiger partial charge in [-0.1, -0.05) is 23.1 Å². The lowest BCUT2D eigenvalue weighted by atomic mass is 10.2. The second-order valence-corrected chi connectivity index (χ2v) is 8.17. The largest absolute Gasteiger partial charge is 0.494 e. The van der Waals surface area contributed by atoms with Crippen molar-refractivity contribution in [1.29, 1.82) is 0 Å². The van der Waals surface area contributed by atoms with Crippen molar-refractivity contribution < 1.29 is 14.3 Å². The lowest BCUT2D eigenvalue weighted by molar-refractivity contribution is -0.113. The Bertz CT molecular complexity index is 953. The summed E-state index contributed by atoms with van der Waals surface area (Å²) < 4.78 is 13.8. The first-order valence-electron chi connectivity index (χ1n) is 9.05. The minimum Gasteiger partial charge on any atom is -0.494 e. The summed E-state index contributed by atoms with van der Waals surface area (Å²) >= 11 is 2.72. The first-order chi connectivity index (χ1) is 13.7. The minimum atomic E-state index is -0.152. The average molecular weight is 421 g/mol. The number of thioether (sulfide) groups is 1. The van der Waals surface area contributed by atoms with Gasteiger partial charge in [0.05, 0.1) is 35.2 Å². The predicted octanol–water partition coefficient (Wildman–Crippen LogP) is 2.59. The Morgan fingerprint density at radius 2 is 2.43 bits per heavy atom. The fraction of sp³-hybridized carbons (Fsp3) is 0.471. The lowest BCUT2D eigenvalue weighted by Gasteiger charge is -2.09. The van der Waals surface area contributed by atoms with Crippen LogP contribution in [0.1, 0.15) is 19.8 Å². The first-order valence-corrected chi connectivity index (χ1v) is 10.9. The fourth-order valence-corrected chi connectivity index (χ4v) is 4.49. The van der Waals surface area contributed by atoms with Gasteiger partial charge in [-0.3, -0.25) is 4.79 Å². The zero-order valence-electron chi connectivity index (χ0n) is 15.3. The summed E-state index contributed by atoms with van der Waals surface area (Å²) in [5.74, 6) is 0.845. The summed E-state index contributed by atoms with van der Waals surface area (Å²) in [6, 6.07) is 5.70. The molecule has 0 unspecified atom stereocenters. The van der Waals surface area contributed by atoms with Gasteiger partial charge in [0.1, 0.15) is 5.75 Å². The second-order valence-electron chi connectivity index (χ2n) is 6.20. The number of carbonyl (C=O) groups excluding carboxylic acids is 1. The van der Waals surface area contributed by atoms with Crippen LogP contribution in [0.15, 0.2) is 23.4 Å². The number of nitrogens with zero attached hydrogens (tertiary/aromatic N) is 5. The van der Waals surface area contributed by atoms with Crippen LogP contribution in [-0.2, 0) is 16.1 Å². The number of hydrogen-bond acceptors (Lipinski definition) is 9. The number of aromatic nitrogens is 5. The molecular weight excluding hydrogens is 400 g/mol. The maximum atomic E-state index is 12.3. The van der Waals surface area contributed by atoms with Crippen LogP contribution >= 0.6 is 23.1 Å². The zero-order valence-corrected chi connectivity index (χ0v) is 17.0. The van der Waals surface area contributed by atoms with Crippen LogP contribution in [0.3, 0.4) is 0 Å². The highest BCUT2D eigenvalue weighted by Gasteiger charge is 2.19. The number of carbonyl (C=O) groups is 1. The average Bonchev–Trinajstić information content (AvgIpc) is 3.41. The molecule has 28 heavy (non-hydrogen) atoms. The van der Waals surface area contributed by atoms with Gasteiger partial charge in [-0.05, 0) is 48.4 Å². The molecule has 3 aromatic rings. The third-order valence-corrected chi connectivity index (χ3v) is 6.04. The molecule has 148 valence electrons. The van der Waals surface area contributed by atoms with Crippen LogP contribution in [0.5, 0.6) is 5.75 Å². The van der Waals surface area contributed by atoms with Gasteiger partial charge in [-0.25, -0.2) is 9.67 Å². The van der Waals surface area contributed by atoms with Crippen molar-refractivity contribution in [2.24, 2.45) is 0 Å². The molecule has 1 fully saturated rings. The molecule has 4 rings (SSSR count). The third kappa shape index (κ3) is 4.59. The van der Waals surface area contributed by atoms with Gasteiger partial charge < -0.3 is 14.8 Å². The quantitative estimate of drug-likeness (QED) is 0.555. The smallest absolute Gasteiger partial charge is 0.236 e. The van der Waals surface area contributed by atoms with E-state index in [-0.39, 0.29) is 17.8 Å². The Kier molecular flexibility index (Phi) is 6.03. The monoisotopic (exact) mass is 420 g/mol.